The number of aromatic nitrogens is 2. The van der Waals surface area contributed by atoms with Crippen LogP contribution in [0.4, 0.5) is 5.82 Å². The first kappa shape index (κ1) is 60.5. The molecule has 1 aromatic heterocycles. The van der Waals surface area contributed by atoms with E-state index in [4.69, 9.17) is 29.0 Å². The first-order valence-electron chi connectivity index (χ1n) is 24.0. The van der Waals surface area contributed by atoms with Crippen molar-refractivity contribution in [1.82, 2.24) is 9.55 Å². The second-order valence-electron chi connectivity index (χ2n) is 17.1. The third-order valence-electron chi connectivity index (χ3n) is 10.6. The van der Waals surface area contributed by atoms with Gasteiger partial charge in [-0.05, 0) is 56.6 Å². The Kier molecular flexibility index (Phi) is 30.8. The van der Waals surface area contributed by atoms with E-state index < -0.39 is 83.7 Å². The fourth-order valence-electron chi connectivity index (χ4n) is 6.80. The molecule has 2 heterocycles. The molecular weight excluding hydrogens is 924 g/mol. The molecule has 0 amide bonds. The van der Waals surface area contributed by atoms with Crippen molar-refractivity contribution < 1.29 is 71.1 Å². The molecule has 1 aliphatic heterocycles. The molecule has 0 aromatic carbocycles. The molecule has 0 saturated carbocycles. The first-order valence-corrected chi connectivity index (χ1v) is 27.0. The summed E-state index contributed by atoms with van der Waals surface area (Å²) >= 11 is 0. The number of phosphoric acid groups is 2. The van der Waals surface area contributed by atoms with Crippen LogP contribution >= 0.6 is 15.6 Å². The first-order chi connectivity index (χ1) is 32.4. The largest absolute Gasteiger partial charge is 0.481 e. The van der Waals surface area contributed by atoms with Crippen LogP contribution in [0.25, 0.3) is 0 Å². The number of allylic oxidation sites excluding steroid dienone is 8. The molecule has 68 heavy (non-hydrogen) atoms. The Hall–Kier alpha value is -3.61. The number of nitrogen functional groups attached to an aromatic ring is 1. The Balaban J connectivity index is 1.88. The molecule has 0 spiro atoms. The lowest BCUT2D eigenvalue weighted by atomic mass is 10.0. The lowest BCUT2D eigenvalue weighted by Crippen LogP contribution is -2.36. The van der Waals surface area contributed by atoms with Gasteiger partial charge in [-0.3, -0.25) is 28.0 Å². The van der Waals surface area contributed by atoms with Crippen molar-refractivity contribution in [3.8, 4) is 0 Å². The van der Waals surface area contributed by atoms with Crippen LogP contribution in [0.15, 0.2) is 65.7 Å². The van der Waals surface area contributed by atoms with Crippen LogP contribution in [0, 0.1) is 5.92 Å². The molecule has 0 bridgehead atoms. The minimum atomic E-state index is -5.48. The molecule has 0 aliphatic carbocycles. The number of aliphatic hydroxyl groups is 2. The number of carbonyl (C=O) groups is 3. The number of unbranched alkanes of at least 4 members (excludes halogenated alkanes) is 11. The summed E-state index contributed by atoms with van der Waals surface area (Å²) < 4.78 is 56.4. The quantitative estimate of drug-likeness (QED) is 0.0104. The molecule has 1 aliphatic rings. The third-order valence-corrected chi connectivity index (χ3v) is 13.2. The normalized spacial score (nSPS) is 19.9. The molecule has 7 atom stereocenters. The molecule has 21 heteroatoms. The van der Waals surface area contributed by atoms with Gasteiger partial charge in [-0.15, -0.1) is 0 Å². The maximum Gasteiger partial charge on any atom is 0.481 e. The van der Waals surface area contributed by atoms with Crippen LogP contribution in [0.5, 0.6) is 0 Å². The van der Waals surface area contributed by atoms with Gasteiger partial charge in [0, 0.05) is 25.5 Å². The van der Waals surface area contributed by atoms with Gasteiger partial charge in [0.05, 0.1) is 13.2 Å². The van der Waals surface area contributed by atoms with Crippen LogP contribution in [0.3, 0.4) is 0 Å². The second-order valence-corrected chi connectivity index (χ2v) is 20.2. The number of aliphatic hydroxyl groups excluding tert-OH is 2. The maximum atomic E-state index is 12.8. The van der Waals surface area contributed by atoms with E-state index in [9.17, 15) is 48.3 Å². The summed E-state index contributed by atoms with van der Waals surface area (Å²) in [5, 5.41) is 20.9. The zero-order valence-electron chi connectivity index (χ0n) is 40.1. The maximum absolute atomic E-state index is 12.8. The van der Waals surface area contributed by atoms with Gasteiger partial charge in [0.2, 0.25) is 0 Å². The van der Waals surface area contributed by atoms with Crippen molar-refractivity contribution in [3.63, 3.8) is 0 Å². The fourth-order valence-corrected chi connectivity index (χ4v) is 8.91. The summed E-state index contributed by atoms with van der Waals surface area (Å²) in [7, 11) is -10.9. The van der Waals surface area contributed by atoms with E-state index in [1.54, 1.807) is 12.2 Å². The summed E-state index contributed by atoms with van der Waals surface area (Å²) in [6, 6.07) is 1.23. The summed E-state index contributed by atoms with van der Waals surface area (Å²) in [6.45, 7) is 4.13. The van der Waals surface area contributed by atoms with Crippen molar-refractivity contribution in [1.29, 1.82) is 0 Å². The number of phosphoric ester groups is 2. The minimum absolute atomic E-state index is 0.0174. The highest BCUT2D eigenvalue weighted by atomic mass is 31.3. The number of nitrogens with two attached hydrogens (primary N) is 1. The van der Waals surface area contributed by atoms with Crippen molar-refractivity contribution >= 4 is 39.2 Å². The van der Waals surface area contributed by atoms with Crippen LogP contribution in [-0.2, 0) is 51.1 Å². The van der Waals surface area contributed by atoms with E-state index in [0.29, 0.717) is 12.8 Å². The lowest BCUT2D eigenvalue weighted by molar-refractivity contribution is -0.161. The van der Waals surface area contributed by atoms with Gasteiger partial charge in [0.25, 0.3) is 0 Å². The monoisotopic (exact) mass is 1000 g/mol. The number of ketones is 1. The van der Waals surface area contributed by atoms with Crippen LogP contribution in [0.1, 0.15) is 155 Å². The predicted molar refractivity (Wildman–Crippen MR) is 257 cm³/mol. The highest BCUT2D eigenvalue weighted by molar-refractivity contribution is 7.61. The van der Waals surface area contributed by atoms with Crippen LogP contribution in [-0.4, -0.2) is 91.5 Å². The molecule has 2 unspecified atom stereocenters. The van der Waals surface area contributed by atoms with Crippen LogP contribution in [0.2, 0.25) is 0 Å². The molecule has 1 saturated heterocycles. The molecule has 1 aromatic rings. The number of hydrogen-bond acceptors (Lipinski definition) is 16. The average Bonchev–Trinajstić information content (AvgIpc) is 3.55. The topological polar surface area (TPSA) is 283 Å². The van der Waals surface area contributed by atoms with Gasteiger partial charge in [-0.2, -0.15) is 9.29 Å². The van der Waals surface area contributed by atoms with Gasteiger partial charge >= 0.3 is 33.3 Å². The van der Waals surface area contributed by atoms with Gasteiger partial charge in [-0.1, -0.05) is 134 Å². The minimum Gasteiger partial charge on any atom is -0.462 e. The van der Waals surface area contributed by atoms with E-state index in [1.807, 2.05) is 12.2 Å². The molecule has 0 radical (unpaired) electrons. The average molecular weight is 1000 g/mol. The third kappa shape index (κ3) is 28.2. The van der Waals surface area contributed by atoms with Gasteiger partial charge in [0.15, 0.2) is 18.1 Å². The summed E-state index contributed by atoms with van der Waals surface area (Å²) in [4.78, 5) is 74.1. The fraction of sp³-hybridized carbons (Fsp3) is 0.681. The molecular formula is C47H77N3O16P2. The van der Waals surface area contributed by atoms with E-state index in [2.05, 4.69) is 48.3 Å². The number of rotatable bonds is 38. The summed E-state index contributed by atoms with van der Waals surface area (Å²) in [5.41, 5.74) is 4.56. The van der Waals surface area contributed by atoms with Gasteiger partial charge in [0.1, 0.15) is 30.7 Å². The van der Waals surface area contributed by atoms with Crippen molar-refractivity contribution in [2.45, 2.75) is 180 Å². The van der Waals surface area contributed by atoms with E-state index in [1.165, 1.54) is 63.5 Å². The highest BCUT2D eigenvalue weighted by Gasteiger charge is 2.46. The number of carbonyl (C=O) groups excluding carboxylic acids is 3. The predicted octanol–water partition coefficient (Wildman–Crippen LogP) is 8.42. The number of nitrogens with zero attached hydrogens (tertiary/aromatic N) is 2. The number of esters is 2. The number of ether oxygens (including phenoxy) is 3. The van der Waals surface area contributed by atoms with E-state index in [-0.39, 0.29) is 37.3 Å². The Bertz CT molecular complexity index is 1900. The molecule has 2 rings (SSSR count). The van der Waals surface area contributed by atoms with Crippen molar-refractivity contribution in [2.75, 3.05) is 25.6 Å². The summed E-state index contributed by atoms with van der Waals surface area (Å²) in [5.74, 6) is -1.07. The number of hydrogen-bond donors (Lipinski definition) is 5. The summed E-state index contributed by atoms with van der Waals surface area (Å²) in [6.07, 6.45) is 25.2. The number of anilines is 1. The van der Waals surface area contributed by atoms with Crippen molar-refractivity contribution in [2.24, 2.45) is 5.92 Å². The highest BCUT2D eigenvalue weighted by Crippen LogP contribution is 2.60. The molecule has 386 valence electrons. The Morgan fingerprint density at radius 3 is 2.10 bits per heavy atom. The SMILES string of the molecule is CCCCC/C=C\C/C=C\C/C=C\C=C\C(=O)CCCC(=O)O[C@H](COC(=O)CCCCCCCCCCCC(C)C)COP(=O)(O)OP(=O)(O)OC[C@H]1O[C@@H](n2ccc(N)nc2=O)[C@H](O)[C@@H]1O. The Morgan fingerprint density at radius 1 is 0.794 bits per heavy atom. The second kappa shape index (κ2) is 34.6. The molecule has 6 N–H and O–H groups in total. The van der Waals surface area contributed by atoms with Crippen LogP contribution < -0.4 is 11.4 Å². The van der Waals surface area contributed by atoms with E-state index in [0.717, 1.165) is 55.2 Å². The zero-order chi connectivity index (χ0) is 50.2. The standard InChI is InChI=1S/C47H77N3O16P2/c1-4-5-6-7-8-9-10-11-12-15-18-21-24-28-38(51)29-26-31-43(53)64-39(34-61-42(52)30-25-22-19-16-13-14-17-20-23-27-37(2)3)35-62-67(57,58)66-68(59,60)63-36-40-44(54)45(55)46(65-40)50-33-32-41(48)49-47(50)56/h8-9,11-12,18,21,24,28,32-33,37,39-40,44-46,54-55H,4-7,10,13-17,19-20,22-23,25-27,29-31,34-36H2,1-3H3,(H,57,58)(H,59,60)(H2,48,49,56)/b9-8-,12-11-,21-18-,28-24+/t39-,40-,44-,45-,46-/m1/s1. The van der Waals surface area contributed by atoms with Gasteiger partial charge < -0.3 is 39.9 Å². The van der Waals surface area contributed by atoms with E-state index >= 15 is 0 Å². The molecule has 1 fully saturated rings. The smallest absolute Gasteiger partial charge is 0.462 e. The zero-order valence-corrected chi connectivity index (χ0v) is 41.8. The molecule has 19 nitrogen and oxygen atoms in total. The Labute approximate surface area is 401 Å². The van der Waals surface area contributed by atoms with Gasteiger partial charge in [-0.25, -0.2) is 13.9 Å². The van der Waals surface area contributed by atoms with Crippen molar-refractivity contribution in [3.05, 3.63) is 71.4 Å². The Morgan fingerprint density at radius 2 is 1.43 bits per heavy atom. The lowest BCUT2D eigenvalue weighted by Gasteiger charge is -2.21.